The fraction of sp³-hybridized carbons (Fsp3) is 0.250. The average Bonchev–Trinajstić information content (AvgIpc) is 2.75. The van der Waals surface area contributed by atoms with Crippen molar-refractivity contribution >= 4 is 11.7 Å². The van der Waals surface area contributed by atoms with Crippen LogP contribution < -0.4 is 5.32 Å². The van der Waals surface area contributed by atoms with Crippen LogP contribution in [-0.4, -0.2) is 31.1 Å². The molecule has 0 saturated heterocycles. The van der Waals surface area contributed by atoms with Crippen molar-refractivity contribution in [3.63, 3.8) is 0 Å². The third-order valence-electron chi connectivity index (χ3n) is 1.78. The fourth-order valence-corrected chi connectivity index (χ4v) is 1.11. The average molecular weight is 206 g/mol. The minimum absolute atomic E-state index is 0.262. The zero-order chi connectivity index (χ0) is 10.8. The monoisotopic (exact) mass is 206 g/mol. The van der Waals surface area contributed by atoms with Crippen LogP contribution in [0, 0.1) is 6.92 Å². The molecule has 0 aliphatic heterocycles. The number of hydrogen-bond acceptors (Lipinski definition) is 4. The number of aryl methyl sites for hydroxylation is 2. The van der Waals surface area contributed by atoms with Crippen molar-refractivity contribution in [2.24, 2.45) is 7.05 Å². The summed E-state index contributed by atoms with van der Waals surface area (Å²) in [4.78, 5) is 11.6. The van der Waals surface area contributed by atoms with Crippen LogP contribution in [-0.2, 0) is 7.05 Å². The lowest BCUT2D eigenvalue weighted by atomic mass is 10.4. The van der Waals surface area contributed by atoms with Crippen molar-refractivity contribution in [3.05, 3.63) is 23.7 Å². The molecule has 0 radical (unpaired) electrons. The minimum Gasteiger partial charge on any atom is -0.304 e. The lowest BCUT2D eigenvalue weighted by Crippen LogP contribution is -2.12. The molecule has 2 heterocycles. The summed E-state index contributed by atoms with van der Waals surface area (Å²) in [6.45, 7) is 1.85. The molecule has 7 nitrogen and oxygen atoms in total. The highest BCUT2D eigenvalue weighted by Gasteiger charge is 2.10. The van der Waals surface area contributed by atoms with Crippen LogP contribution in [0.25, 0.3) is 0 Å². The number of hydrogen-bond donors (Lipinski definition) is 2. The van der Waals surface area contributed by atoms with Gasteiger partial charge in [0.05, 0.1) is 6.20 Å². The van der Waals surface area contributed by atoms with Gasteiger partial charge in [0, 0.05) is 18.8 Å². The van der Waals surface area contributed by atoms with Gasteiger partial charge >= 0.3 is 0 Å². The molecule has 0 unspecified atom stereocenters. The number of aromatic nitrogens is 5. The normalized spacial score (nSPS) is 10.3. The molecule has 0 fully saturated rings. The Morgan fingerprint density at radius 1 is 1.60 bits per heavy atom. The van der Waals surface area contributed by atoms with Gasteiger partial charge in [0.25, 0.3) is 5.91 Å². The molecular weight excluding hydrogens is 196 g/mol. The highest BCUT2D eigenvalue weighted by Crippen LogP contribution is 2.05. The Kier molecular flexibility index (Phi) is 2.20. The number of rotatable bonds is 2. The van der Waals surface area contributed by atoms with Crippen molar-refractivity contribution in [2.45, 2.75) is 6.92 Å². The molecule has 1 amide bonds. The highest BCUT2D eigenvalue weighted by atomic mass is 16.2. The van der Waals surface area contributed by atoms with Crippen LogP contribution in [0.2, 0.25) is 0 Å². The first-order valence-electron chi connectivity index (χ1n) is 4.35. The van der Waals surface area contributed by atoms with E-state index in [1.54, 1.807) is 13.1 Å². The Balaban J connectivity index is 2.10. The van der Waals surface area contributed by atoms with E-state index in [4.69, 9.17) is 0 Å². The molecule has 0 aliphatic carbocycles. The van der Waals surface area contributed by atoms with Crippen LogP contribution >= 0.6 is 0 Å². The Morgan fingerprint density at radius 2 is 2.40 bits per heavy atom. The molecule has 78 valence electrons. The van der Waals surface area contributed by atoms with E-state index in [1.807, 2.05) is 6.92 Å². The summed E-state index contributed by atoms with van der Waals surface area (Å²) in [5.74, 6) is 0.151. The lowest BCUT2D eigenvalue weighted by molar-refractivity contribution is 0.102. The van der Waals surface area contributed by atoms with Crippen molar-refractivity contribution in [1.29, 1.82) is 0 Å². The number of nitrogens with zero attached hydrogens (tertiary/aromatic N) is 4. The van der Waals surface area contributed by atoms with Gasteiger partial charge < -0.3 is 5.32 Å². The van der Waals surface area contributed by atoms with E-state index < -0.39 is 0 Å². The first-order valence-corrected chi connectivity index (χ1v) is 4.35. The Morgan fingerprint density at radius 3 is 2.93 bits per heavy atom. The quantitative estimate of drug-likeness (QED) is 0.729. The summed E-state index contributed by atoms with van der Waals surface area (Å²) >= 11 is 0. The van der Waals surface area contributed by atoms with Crippen molar-refractivity contribution < 1.29 is 4.79 Å². The first-order chi connectivity index (χ1) is 7.15. The van der Waals surface area contributed by atoms with E-state index in [1.165, 1.54) is 10.9 Å². The number of carbonyl (C=O) groups is 1. The third-order valence-corrected chi connectivity index (χ3v) is 1.78. The minimum atomic E-state index is -0.324. The summed E-state index contributed by atoms with van der Waals surface area (Å²) in [5.41, 5.74) is 1.14. The largest absolute Gasteiger partial charge is 0.304 e. The number of amides is 1. The molecule has 0 bridgehead atoms. The lowest BCUT2D eigenvalue weighted by Gasteiger charge is -1.95. The van der Waals surface area contributed by atoms with Crippen molar-refractivity contribution in [1.82, 2.24) is 25.2 Å². The predicted octanol–water partition coefficient (Wildman–Crippen LogP) is 0.0989. The maximum atomic E-state index is 11.6. The summed E-state index contributed by atoms with van der Waals surface area (Å²) < 4.78 is 1.46. The second kappa shape index (κ2) is 3.52. The van der Waals surface area contributed by atoms with E-state index >= 15 is 0 Å². The summed E-state index contributed by atoms with van der Waals surface area (Å²) in [6, 6.07) is 1.73. The van der Waals surface area contributed by atoms with Gasteiger partial charge in [-0.25, -0.2) is 0 Å². The van der Waals surface area contributed by atoms with Gasteiger partial charge in [-0.15, -0.1) is 5.10 Å². The molecule has 0 saturated carbocycles. The molecule has 2 aromatic heterocycles. The van der Waals surface area contributed by atoms with E-state index in [2.05, 4.69) is 25.8 Å². The number of carbonyl (C=O) groups excluding carboxylic acids is 1. The topological polar surface area (TPSA) is 88.5 Å². The Hall–Kier alpha value is -2.18. The third kappa shape index (κ3) is 2.01. The van der Waals surface area contributed by atoms with Crippen LogP contribution in [0.3, 0.4) is 0 Å². The van der Waals surface area contributed by atoms with Gasteiger partial charge in [0.2, 0.25) is 0 Å². The van der Waals surface area contributed by atoms with Crippen LogP contribution in [0.4, 0.5) is 5.82 Å². The zero-order valence-electron chi connectivity index (χ0n) is 8.35. The number of anilines is 1. The molecule has 0 aliphatic rings. The molecule has 2 rings (SSSR count). The molecule has 0 atom stereocenters. The molecule has 2 aromatic rings. The van der Waals surface area contributed by atoms with Crippen LogP contribution in [0.1, 0.15) is 16.2 Å². The first kappa shape index (κ1) is 9.38. The highest BCUT2D eigenvalue weighted by molar-refractivity contribution is 6.02. The summed E-state index contributed by atoms with van der Waals surface area (Å²) in [5, 5.41) is 16.5. The second-order valence-corrected chi connectivity index (χ2v) is 3.17. The molecular formula is C8H10N6O. The standard InChI is InChI=1S/C8H10N6O/c1-5-3-7(12-10-5)9-8(15)6-4-14(2)13-11-6/h3-4H,1-2H3,(H2,9,10,12,15). The zero-order valence-corrected chi connectivity index (χ0v) is 8.35. The number of H-pyrrole nitrogens is 1. The summed E-state index contributed by atoms with van der Waals surface area (Å²) in [7, 11) is 1.70. The van der Waals surface area contributed by atoms with Gasteiger partial charge in [0.1, 0.15) is 0 Å². The molecule has 7 heteroatoms. The van der Waals surface area contributed by atoms with Gasteiger partial charge in [-0.2, -0.15) is 5.10 Å². The number of aromatic amines is 1. The smallest absolute Gasteiger partial charge is 0.279 e. The molecule has 0 aromatic carbocycles. The number of nitrogens with one attached hydrogen (secondary N) is 2. The molecule has 2 N–H and O–H groups in total. The van der Waals surface area contributed by atoms with Gasteiger partial charge in [-0.1, -0.05) is 5.21 Å². The van der Waals surface area contributed by atoms with E-state index in [0.717, 1.165) is 5.69 Å². The Bertz CT molecular complexity index is 485. The maximum Gasteiger partial charge on any atom is 0.279 e. The van der Waals surface area contributed by atoms with Gasteiger partial charge in [0.15, 0.2) is 11.5 Å². The SMILES string of the molecule is Cc1cc(NC(=O)c2cn(C)nn2)n[nH]1. The Labute approximate surface area is 85.5 Å². The molecule has 0 spiro atoms. The van der Waals surface area contributed by atoms with Crippen molar-refractivity contribution in [2.75, 3.05) is 5.32 Å². The molecule has 15 heavy (non-hydrogen) atoms. The fourth-order valence-electron chi connectivity index (χ4n) is 1.11. The van der Waals surface area contributed by atoms with E-state index in [9.17, 15) is 4.79 Å². The van der Waals surface area contributed by atoms with Gasteiger partial charge in [-0.05, 0) is 6.92 Å². The van der Waals surface area contributed by atoms with E-state index in [-0.39, 0.29) is 11.6 Å². The predicted molar refractivity (Wildman–Crippen MR) is 52.3 cm³/mol. The van der Waals surface area contributed by atoms with Crippen LogP contribution in [0.5, 0.6) is 0 Å². The second-order valence-electron chi connectivity index (χ2n) is 3.17. The van der Waals surface area contributed by atoms with Gasteiger partial charge in [-0.3, -0.25) is 14.6 Å². The van der Waals surface area contributed by atoms with E-state index in [0.29, 0.717) is 5.82 Å². The summed E-state index contributed by atoms with van der Waals surface area (Å²) in [6.07, 6.45) is 1.54. The van der Waals surface area contributed by atoms with Crippen LogP contribution in [0.15, 0.2) is 12.3 Å². The van der Waals surface area contributed by atoms with Crippen molar-refractivity contribution in [3.8, 4) is 0 Å². The maximum absolute atomic E-state index is 11.6.